The average molecular weight is 333 g/mol. The topological polar surface area (TPSA) is 72.5 Å². The average Bonchev–Trinajstić information content (AvgIpc) is 2.50. The van der Waals surface area contributed by atoms with Gasteiger partial charge in [-0.3, -0.25) is 4.79 Å². The number of nitrogens with one attached hydrogen (secondary N) is 2. The maximum atomic E-state index is 12.2. The van der Waals surface area contributed by atoms with E-state index in [2.05, 4.69) is 15.8 Å². The van der Waals surface area contributed by atoms with E-state index in [0.717, 1.165) is 12.8 Å². The zero-order chi connectivity index (χ0) is 16.9. The fourth-order valence-corrected chi connectivity index (χ4v) is 2.06. The van der Waals surface area contributed by atoms with Gasteiger partial charge < -0.3 is 10.1 Å². The predicted molar refractivity (Wildman–Crippen MR) is 75.7 cm³/mol. The highest BCUT2D eigenvalue weighted by atomic mass is 19.4. The summed E-state index contributed by atoms with van der Waals surface area (Å²) < 4.78 is 42.0. The molecular formula is C14H18F3N3O3. The summed E-state index contributed by atoms with van der Waals surface area (Å²) in [5, 5.41) is 2.14. The minimum atomic E-state index is -4.37. The van der Waals surface area contributed by atoms with Crippen LogP contribution >= 0.6 is 0 Å². The van der Waals surface area contributed by atoms with E-state index in [-0.39, 0.29) is 11.4 Å². The lowest BCUT2D eigenvalue weighted by atomic mass is 10.2. The maximum absolute atomic E-state index is 12.2. The molecule has 1 aliphatic rings. The van der Waals surface area contributed by atoms with Gasteiger partial charge in [0.1, 0.15) is 12.4 Å². The lowest BCUT2D eigenvalue weighted by molar-refractivity contribution is -0.186. The summed E-state index contributed by atoms with van der Waals surface area (Å²) >= 11 is 0. The summed E-state index contributed by atoms with van der Waals surface area (Å²) in [6.07, 6.45) is -2.30. The first-order chi connectivity index (χ1) is 10.8. The molecule has 0 radical (unpaired) electrons. The quantitative estimate of drug-likeness (QED) is 0.810. The molecular weight excluding hydrogens is 315 g/mol. The summed E-state index contributed by atoms with van der Waals surface area (Å²) in [4.78, 5) is 21.1. The first-order valence-electron chi connectivity index (χ1n) is 7.20. The number of carbonyl (C=O) groups is 1. The molecule has 0 bridgehead atoms. The minimum Gasteiger partial charge on any atom is -0.361 e. The van der Waals surface area contributed by atoms with Gasteiger partial charge in [-0.05, 0) is 31.9 Å². The third kappa shape index (κ3) is 6.03. The van der Waals surface area contributed by atoms with Crippen molar-refractivity contribution in [1.82, 2.24) is 10.5 Å². The number of hydrogen-bond acceptors (Lipinski definition) is 5. The summed E-state index contributed by atoms with van der Waals surface area (Å²) in [7, 11) is 0. The number of amides is 1. The number of rotatable bonds is 5. The van der Waals surface area contributed by atoms with Crippen molar-refractivity contribution in [2.24, 2.45) is 0 Å². The number of carbonyl (C=O) groups excluding carboxylic acids is 1. The lowest BCUT2D eigenvalue weighted by Crippen LogP contribution is -2.33. The molecule has 128 valence electrons. The SMILES string of the molecule is Cc1cc(C(=O)NOC2CCCCO2)cc(NCC(F)(F)F)n1. The second-order valence-corrected chi connectivity index (χ2v) is 5.20. The molecule has 1 fully saturated rings. The Morgan fingerprint density at radius 3 is 2.87 bits per heavy atom. The molecule has 1 amide bonds. The summed E-state index contributed by atoms with van der Waals surface area (Å²) in [5.41, 5.74) is 2.82. The van der Waals surface area contributed by atoms with Crippen molar-refractivity contribution in [3.05, 3.63) is 23.4 Å². The molecule has 0 saturated carbocycles. The van der Waals surface area contributed by atoms with E-state index >= 15 is 0 Å². The third-order valence-electron chi connectivity index (χ3n) is 3.11. The van der Waals surface area contributed by atoms with Crippen molar-refractivity contribution >= 4 is 11.7 Å². The summed E-state index contributed by atoms with van der Waals surface area (Å²) in [5.74, 6) is -0.596. The van der Waals surface area contributed by atoms with Gasteiger partial charge in [0.05, 0.1) is 0 Å². The van der Waals surface area contributed by atoms with Gasteiger partial charge in [0, 0.05) is 24.3 Å². The van der Waals surface area contributed by atoms with Gasteiger partial charge in [-0.2, -0.15) is 13.2 Å². The predicted octanol–water partition coefficient (Wildman–Crippen LogP) is 2.55. The molecule has 0 aromatic carbocycles. The summed E-state index contributed by atoms with van der Waals surface area (Å²) in [6, 6.07) is 2.69. The molecule has 1 aromatic heterocycles. The van der Waals surface area contributed by atoms with E-state index in [1.54, 1.807) is 6.92 Å². The van der Waals surface area contributed by atoms with Crippen molar-refractivity contribution in [3.63, 3.8) is 0 Å². The van der Waals surface area contributed by atoms with Crippen LogP contribution in [0, 0.1) is 6.92 Å². The smallest absolute Gasteiger partial charge is 0.361 e. The first-order valence-corrected chi connectivity index (χ1v) is 7.20. The molecule has 1 unspecified atom stereocenters. The first kappa shape index (κ1) is 17.5. The number of anilines is 1. The van der Waals surface area contributed by atoms with Crippen LogP contribution in [-0.2, 0) is 9.57 Å². The number of hydrogen-bond donors (Lipinski definition) is 2. The van der Waals surface area contributed by atoms with E-state index in [0.29, 0.717) is 18.7 Å². The Morgan fingerprint density at radius 1 is 1.43 bits per heavy atom. The van der Waals surface area contributed by atoms with Crippen LogP contribution in [0.25, 0.3) is 0 Å². The molecule has 9 heteroatoms. The molecule has 0 spiro atoms. The lowest BCUT2D eigenvalue weighted by Gasteiger charge is -2.22. The minimum absolute atomic E-state index is 0.0265. The monoisotopic (exact) mass is 333 g/mol. The zero-order valence-electron chi connectivity index (χ0n) is 12.6. The zero-order valence-corrected chi connectivity index (χ0v) is 12.6. The van der Waals surface area contributed by atoms with Gasteiger partial charge in [-0.1, -0.05) is 0 Å². The fraction of sp³-hybridized carbons (Fsp3) is 0.571. The van der Waals surface area contributed by atoms with Crippen molar-refractivity contribution in [3.8, 4) is 0 Å². The number of hydroxylamine groups is 1. The molecule has 2 rings (SSSR count). The van der Waals surface area contributed by atoms with Gasteiger partial charge >= 0.3 is 6.18 Å². The van der Waals surface area contributed by atoms with Gasteiger partial charge in [-0.15, -0.1) is 0 Å². The Bertz CT molecular complexity index is 546. The number of pyridine rings is 1. The maximum Gasteiger partial charge on any atom is 0.405 e. The molecule has 1 aromatic rings. The standard InChI is InChI=1S/C14H18F3N3O3/c1-9-6-10(7-11(19-9)18-8-14(15,16)17)13(21)20-23-12-4-2-3-5-22-12/h6-7,12H,2-5,8H2,1H3,(H,18,19)(H,20,21). The van der Waals surface area contributed by atoms with Crippen molar-refractivity contribution in [2.75, 3.05) is 18.5 Å². The Kier molecular flexibility index (Phi) is 5.78. The fourth-order valence-electron chi connectivity index (χ4n) is 2.06. The Balaban J connectivity index is 1.94. The van der Waals surface area contributed by atoms with Crippen LogP contribution < -0.4 is 10.8 Å². The molecule has 1 aliphatic heterocycles. The second kappa shape index (κ2) is 7.60. The normalized spacial score (nSPS) is 18.5. The highest BCUT2D eigenvalue weighted by molar-refractivity contribution is 5.94. The largest absolute Gasteiger partial charge is 0.405 e. The van der Waals surface area contributed by atoms with Crippen LogP contribution in [0.5, 0.6) is 0 Å². The van der Waals surface area contributed by atoms with Crippen LogP contribution in [0.4, 0.5) is 19.0 Å². The van der Waals surface area contributed by atoms with E-state index < -0.39 is 24.9 Å². The number of alkyl halides is 3. The number of aromatic nitrogens is 1. The third-order valence-corrected chi connectivity index (χ3v) is 3.11. The molecule has 2 heterocycles. The second-order valence-electron chi connectivity index (χ2n) is 5.20. The van der Waals surface area contributed by atoms with E-state index in [9.17, 15) is 18.0 Å². The van der Waals surface area contributed by atoms with Crippen LogP contribution in [-0.4, -0.2) is 36.5 Å². The number of ether oxygens (including phenoxy) is 1. The highest BCUT2D eigenvalue weighted by Crippen LogP contribution is 2.17. The van der Waals surface area contributed by atoms with E-state index in [1.807, 2.05) is 0 Å². The molecule has 6 nitrogen and oxygen atoms in total. The van der Waals surface area contributed by atoms with Crippen LogP contribution in [0.1, 0.15) is 35.3 Å². The van der Waals surface area contributed by atoms with Crippen LogP contribution in [0.15, 0.2) is 12.1 Å². The van der Waals surface area contributed by atoms with Crippen LogP contribution in [0.3, 0.4) is 0 Å². The molecule has 1 atom stereocenters. The highest BCUT2D eigenvalue weighted by Gasteiger charge is 2.27. The molecule has 2 N–H and O–H groups in total. The Labute approximate surface area is 131 Å². The number of aryl methyl sites for hydroxylation is 1. The summed E-state index contributed by atoms with van der Waals surface area (Å²) in [6.45, 7) is 0.929. The number of halogens is 3. The molecule has 1 saturated heterocycles. The Morgan fingerprint density at radius 2 is 2.22 bits per heavy atom. The van der Waals surface area contributed by atoms with Crippen molar-refractivity contribution in [2.45, 2.75) is 38.7 Å². The molecule has 0 aliphatic carbocycles. The van der Waals surface area contributed by atoms with Gasteiger partial charge in [0.15, 0.2) is 6.29 Å². The van der Waals surface area contributed by atoms with Crippen molar-refractivity contribution < 1.29 is 27.5 Å². The molecule has 23 heavy (non-hydrogen) atoms. The Hall–Kier alpha value is -1.87. The van der Waals surface area contributed by atoms with Crippen molar-refractivity contribution in [1.29, 1.82) is 0 Å². The number of nitrogens with zero attached hydrogens (tertiary/aromatic N) is 1. The van der Waals surface area contributed by atoms with Gasteiger partial charge in [-0.25, -0.2) is 15.3 Å². The van der Waals surface area contributed by atoms with Crippen LogP contribution in [0.2, 0.25) is 0 Å². The van der Waals surface area contributed by atoms with E-state index in [1.165, 1.54) is 12.1 Å². The van der Waals surface area contributed by atoms with Gasteiger partial charge in [0.2, 0.25) is 0 Å². The van der Waals surface area contributed by atoms with Gasteiger partial charge in [0.25, 0.3) is 5.91 Å². The van der Waals surface area contributed by atoms with E-state index in [4.69, 9.17) is 9.57 Å².